The highest BCUT2D eigenvalue weighted by molar-refractivity contribution is 4.97. The van der Waals surface area contributed by atoms with Crippen LogP contribution >= 0.6 is 0 Å². The third kappa shape index (κ3) is 5.75. The zero-order valence-corrected chi connectivity index (χ0v) is 14.4. The molecule has 5 heteroatoms. The van der Waals surface area contributed by atoms with Crippen LogP contribution in [0.15, 0.2) is 4.52 Å². The highest BCUT2D eigenvalue weighted by Gasteiger charge is 2.31. The van der Waals surface area contributed by atoms with Crippen LogP contribution < -0.4 is 5.32 Å². The van der Waals surface area contributed by atoms with Gasteiger partial charge in [0.15, 0.2) is 0 Å². The fraction of sp³-hybridized carbons (Fsp3) is 0.875. The molecule has 0 aliphatic carbocycles. The molecule has 2 atom stereocenters. The van der Waals surface area contributed by atoms with E-state index in [4.69, 9.17) is 9.26 Å². The molecule has 0 saturated heterocycles. The van der Waals surface area contributed by atoms with Crippen LogP contribution in [0, 0.1) is 5.41 Å². The lowest BCUT2D eigenvalue weighted by atomic mass is 9.88. The molecule has 0 fully saturated rings. The van der Waals surface area contributed by atoms with E-state index in [0.717, 1.165) is 25.8 Å². The fourth-order valence-corrected chi connectivity index (χ4v) is 2.46. The molecular weight excluding hydrogens is 266 g/mol. The highest BCUT2D eigenvalue weighted by Crippen LogP contribution is 2.34. The quantitative estimate of drug-likeness (QED) is 0.755. The molecule has 0 aromatic carbocycles. The maximum Gasteiger partial charge on any atom is 0.228 e. The second kappa shape index (κ2) is 8.49. The number of likely N-dealkylation sites (N-methyl/N-ethyl adjacent to an activating group) is 1. The van der Waals surface area contributed by atoms with Gasteiger partial charge in [-0.3, -0.25) is 0 Å². The second-order valence-electron chi connectivity index (χ2n) is 6.50. The number of nitrogens with zero attached hydrogens (tertiary/aromatic N) is 2. The lowest BCUT2D eigenvalue weighted by Gasteiger charge is -2.27. The Bertz CT molecular complexity index is 392. The summed E-state index contributed by atoms with van der Waals surface area (Å²) in [6, 6.07) is 0.397. The van der Waals surface area contributed by atoms with Crippen molar-refractivity contribution in [1.29, 1.82) is 0 Å². The molecule has 0 amide bonds. The summed E-state index contributed by atoms with van der Waals surface area (Å²) < 4.78 is 11.2. The zero-order valence-electron chi connectivity index (χ0n) is 14.4. The van der Waals surface area contributed by atoms with Gasteiger partial charge in [-0.2, -0.15) is 4.98 Å². The largest absolute Gasteiger partial charge is 0.370 e. The van der Waals surface area contributed by atoms with E-state index in [0.29, 0.717) is 24.4 Å². The van der Waals surface area contributed by atoms with Crippen LogP contribution in [0.5, 0.6) is 0 Å². The number of rotatable bonds is 9. The van der Waals surface area contributed by atoms with Gasteiger partial charge in [0, 0.05) is 19.1 Å². The molecule has 1 aromatic heterocycles. The van der Waals surface area contributed by atoms with Crippen molar-refractivity contribution in [1.82, 2.24) is 15.5 Å². The molecule has 122 valence electrons. The van der Waals surface area contributed by atoms with Gasteiger partial charge in [-0.05, 0) is 25.3 Å². The van der Waals surface area contributed by atoms with Gasteiger partial charge >= 0.3 is 0 Å². The van der Waals surface area contributed by atoms with Crippen molar-refractivity contribution in [3.63, 3.8) is 0 Å². The average Bonchev–Trinajstić information content (AvgIpc) is 2.83. The number of nitrogens with one attached hydrogen (secondary N) is 1. The molecule has 0 bridgehead atoms. The molecule has 0 saturated carbocycles. The van der Waals surface area contributed by atoms with Crippen molar-refractivity contribution < 1.29 is 9.26 Å². The van der Waals surface area contributed by atoms with Crippen LogP contribution in [0.1, 0.15) is 72.2 Å². The summed E-state index contributed by atoms with van der Waals surface area (Å²) in [6.45, 7) is 14.3. The van der Waals surface area contributed by atoms with Crippen molar-refractivity contribution in [2.75, 3.05) is 13.2 Å². The summed E-state index contributed by atoms with van der Waals surface area (Å²) in [7, 11) is 0. The predicted octanol–water partition coefficient (Wildman–Crippen LogP) is 3.51. The van der Waals surface area contributed by atoms with E-state index >= 15 is 0 Å². The number of hydrogen-bond acceptors (Lipinski definition) is 5. The first-order valence-corrected chi connectivity index (χ1v) is 8.09. The summed E-state index contributed by atoms with van der Waals surface area (Å²) in [4.78, 5) is 4.56. The number of ether oxygens (including phenoxy) is 1. The minimum Gasteiger partial charge on any atom is -0.370 e. The summed E-state index contributed by atoms with van der Waals surface area (Å²) in [5.74, 6) is 1.35. The first-order valence-electron chi connectivity index (χ1n) is 8.09. The molecule has 5 nitrogen and oxygen atoms in total. The summed E-state index contributed by atoms with van der Waals surface area (Å²) >= 11 is 0. The van der Waals surface area contributed by atoms with Crippen molar-refractivity contribution in [2.24, 2.45) is 5.41 Å². The average molecular weight is 297 g/mol. The third-order valence-corrected chi connectivity index (χ3v) is 3.39. The van der Waals surface area contributed by atoms with Crippen LogP contribution in [0.2, 0.25) is 0 Å². The predicted molar refractivity (Wildman–Crippen MR) is 84.2 cm³/mol. The Balaban J connectivity index is 2.78. The van der Waals surface area contributed by atoms with Gasteiger partial charge in [0.25, 0.3) is 0 Å². The number of hydrogen-bond donors (Lipinski definition) is 1. The molecule has 0 spiro atoms. The molecular formula is C16H31N3O2. The minimum absolute atomic E-state index is 0.0539. The maximum absolute atomic E-state index is 5.81. The number of aromatic nitrogens is 2. The Hall–Kier alpha value is -0.940. The van der Waals surface area contributed by atoms with Gasteiger partial charge in [-0.1, -0.05) is 46.2 Å². The van der Waals surface area contributed by atoms with Crippen LogP contribution in [0.25, 0.3) is 0 Å². The van der Waals surface area contributed by atoms with Gasteiger partial charge in [0.1, 0.15) is 6.10 Å². The second-order valence-corrected chi connectivity index (χ2v) is 6.50. The molecule has 2 unspecified atom stereocenters. The summed E-state index contributed by atoms with van der Waals surface area (Å²) in [6.07, 6.45) is 2.89. The van der Waals surface area contributed by atoms with E-state index in [2.05, 4.69) is 50.1 Å². The first-order chi connectivity index (χ1) is 9.92. The van der Waals surface area contributed by atoms with Crippen molar-refractivity contribution in [2.45, 2.75) is 73.0 Å². The molecule has 1 N–H and O–H groups in total. The van der Waals surface area contributed by atoms with Crippen LogP contribution in [0.3, 0.4) is 0 Å². The van der Waals surface area contributed by atoms with Gasteiger partial charge in [-0.15, -0.1) is 0 Å². The highest BCUT2D eigenvalue weighted by atomic mass is 16.5. The van der Waals surface area contributed by atoms with Gasteiger partial charge < -0.3 is 14.6 Å². The molecule has 1 rings (SSSR count). The normalized spacial score (nSPS) is 15.1. The van der Waals surface area contributed by atoms with Crippen molar-refractivity contribution >= 4 is 0 Å². The van der Waals surface area contributed by atoms with Gasteiger partial charge in [0.05, 0.1) is 0 Å². The van der Waals surface area contributed by atoms with Gasteiger partial charge in [0.2, 0.25) is 11.7 Å². The Kier molecular flexibility index (Phi) is 7.32. The monoisotopic (exact) mass is 297 g/mol. The fourth-order valence-electron chi connectivity index (χ4n) is 2.46. The lowest BCUT2D eigenvalue weighted by molar-refractivity contribution is -0.0203. The van der Waals surface area contributed by atoms with E-state index in [1.54, 1.807) is 0 Å². The van der Waals surface area contributed by atoms with E-state index in [-0.39, 0.29) is 11.5 Å². The third-order valence-electron chi connectivity index (χ3n) is 3.39. The Morgan fingerprint density at radius 2 is 1.95 bits per heavy atom. The summed E-state index contributed by atoms with van der Waals surface area (Å²) in [5, 5.41) is 7.60. The Labute approximate surface area is 128 Å². The smallest absolute Gasteiger partial charge is 0.228 e. The van der Waals surface area contributed by atoms with E-state index in [1.807, 2.05) is 6.92 Å². The first kappa shape index (κ1) is 18.1. The molecule has 1 heterocycles. The summed E-state index contributed by atoms with van der Waals surface area (Å²) in [5.41, 5.74) is -0.0539. The Morgan fingerprint density at radius 1 is 1.24 bits per heavy atom. The molecule has 21 heavy (non-hydrogen) atoms. The molecule has 0 aliphatic rings. The van der Waals surface area contributed by atoms with E-state index < -0.39 is 0 Å². The molecule has 0 aliphatic heterocycles. The van der Waals surface area contributed by atoms with Crippen molar-refractivity contribution in [3.05, 3.63) is 11.7 Å². The molecule has 0 radical (unpaired) electrons. The molecule has 1 aromatic rings. The van der Waals surface area contributed by atoms with Crippen LogP contribution in [-0.4, -0.2) is 29.3 Å². The zero-order chi connectivity index (χ0) is 15.9. The van der Waals surface area contributed by atoms with E-state index in [1.165, 1.54) is 0 Å². The Morgan fingerprint density at radius 3 is 2.48 bits per heavy atom. The van der Waals surface area contributed by atoms with Crippen LogP contribution in [0.4, 0.5) is 0 Å². The van der Waals surface area contributed by atoms with Gasteiger partial charge in [-0.25, -0.2) is 0 Å². The minimum atomic E-state index is -0.135. The maximum atomic E-state index is 5.81. The lowest BCUT2D eigenvalue weighted by Crippen LogP contribution is -2.31. The topological polar surface area (TPSA) is 60.2 Å². The van der Waals surface area contributed by atoms with Crippen LogP contribution in [-0.2, 0) is 11.2 Å². The SMILES string of the molecule is CCCC(Cc1nc(C(OCC)C(C)(C)C)no1)NCC. The van der Waals surface area contributed by atoms with E-state index in [9.17, 15) is 0 Å². The standard InChI is InChI=1S/C16H31N3O2/c1-7-10-12(17-8-2)11-13-18-15(19-21-13)14(20-9-3)16(4,5)6/h12,14,17H,7-11H2,1-6H3. The van der Waals surface area contributed by atoms with Crippen molar-refractivity contribution in [3.8, 4) is 0 Å².